The van der Waals surface area contributed by atoms with Gasteiger partial charge in [0, 0.05) is 17.9 Å². The maximum absolute atomic E-state index is 11.0. The fourth-order valence-corrected chi connectivity index (χ4v) is 2.40. The molecule has 2 rings (SSSR count). The molecule has 0 bridgehead atoms. The SMILES string of the molecule is CCN(Cc1cccc(C)n1)c1ccc(C(=O)O)c(Cl)c1. The Hall–Kier alpha value is -2.07. The van der Waals surface area contributed by atoms with Gasteiger partial charge in [-0.3, -0.25) is 4.98 Å². The standard InChI is InChI=1S/C16H17ClN2O2/c1-3-19(10-12-6-4-5-11(2)18-12)13-7-8-14(16(20)21)15(17)9-13/h4-9H,3,10H2,1-2H3,(H,20,21). The van der Waals surface area contributed by atoms with Gasteiger partial charge in [0.2, 0.25) is 0 Å². The van der Waals surface area contributed by atoms with E-state index in [1.807, 2.05) is 32.0 Å². The maximum Gasteiger partial charge on any atom is 0.337 e. The van der Waals surface area contributed by atoms with Gasteiger partial charge in [-0.05, 0) is 44.2 Å². The minimum atomic E-state index is -1.02. The van der Waals surface area contributed by atoms with E-state index >= 15 is 0 Å². The summed E-state index contributed by atoms with van der Waals surface area (Å²) in [7, 11) is 0. The summed E-state index contributed by atoms with van der Waals surface area (Å²) in [4.78, 5) is 17.6. The molecule has 0 aliphatic heterocycles. The zero-order valence-electron chi connectivity index (χ0n) is 12.0. The first-order valence-corrected chi connectivity index (χ1v) is 7.09. The Morgan fingerprint density at radius 2 is 2.10 bits per heavy atom. The third-order valence-electron chi connectivity index (χ3n) is 3.23. The summed E-state index contributed by atoms with van der Waals surface area (Å²) >= 11 is 6.03. The molecule has 21 heavy (non-hydrogen) atoms. The molecule has 5 heteroatoms. The predicted octanol–water partition coefficient (Wildman–Crippen LogP) is 3.77. The number of hydrogen-bond donors (Lipinski definition) is 1. The molecular weight excluding hydrogens is 288 g/mol. The van der Waals surface area contributed by atoms with E-state index in [9.17, 15) is 4.79 Å². The topological polar surface area (TPSA) is 53.4 Å². The molecular formula is C16H17ClN2O2. The number of aryl methyl sites for hydroxylation is 1. The smallest absolute Gasteiger partial charge is 0.337 e. The van der Waals surface area contributed by atoms with Crippen LogP contribution >= 0.6 is 11.6 Å². The summed E-state index contributed by atoms with van der Waals surface area (Å²) in [5.41, 5.74) is 2.94. The van der Waals surface area contributed by atoms with Crippen molar-refractivity contribution in [2.45, 2.75) is 20.4 Å². The van der Waals surface area contributed by atoms with E-state index in [1.165, 1.54) is 6.07 Å². The van der Waals surface area contributed by atoms with Crippen molar-refractivity contribution in [3.63, 3.8) is 0 Å². The summed E-state index contributed by atoms with van der Waals surface area (Å²) in [6.45, 7) is 5.42. The quantitative estimate of drug-likeness (QED) is 0.913. The molecule has 1 N–H and O–H groups in total. The lowest BCUT2D eigenvalue weighted by atomic mass is 10.2. The van der Waals surface area contributed by atoms with Gasteiger partial charge >= 0.3 is 5.97 Å². The second kappa shape index (κ2) is 6.59. The number of aromatic nitrogens is 1. The van der Waals surface area contributed by atoms with E-state index in [4.69, 9.17) is 16.7 Å². The zero-order chi connectivity index (χ0) is 15.4. The first-order chi connectivity index (χ1) is 10.0. The minimum absolute atomic E-state index is 0.116. The number of anilines is 1. The third-order valence-corrected chi connectivity index (χ3v) is 3.54. The minimum Gasteiger partial charge on any atom is -0.478 e. The molecule has 1 aromatic carbocycles. The van der Waals surface area contributed by atoms with Gasteiger partial charge in [-0.1, -0.05) is 17.7 Å². The number of nitrogens with zero attached hydrogens (tertiary/aromatic N) is 2. The number of benzene rings is 1. The summed E-state index contributed by atoms with van der Waals surface area (Å²) in [6, 6.07) is 10.9. The summed E-state index contributed by atoms with van der Waals surface area (Å²) in [5.74, 6) is -1.02. The Morgan fingerprint density at radius 1 is 1.33 bits per heavy atom. The lowest BCUT2D eigenvalue weighted by Crippen LogP contribution is -2.22. The van der Waals surface area contributed by atoms with E-state index in [0.29, 0.717) is 6.54 Å². The Balaban J connectivity index is 2.25. The third kappa shape index (κ3) is 3.73. The lowest BCUT2D eigenvalue weighted by molar-refractivity contribution is 0.0697. The van der Waals surface area contributed by atoms with Crippen molar-refractivity contribution < 1.29 is 9.90 Å². The average Bonchev–Trinajstić information content (AvgIpc) is 2.44. The van der Waals surface area contributed by atoms with E-state index in [2.05, 4.69) is 9.88 Å². The fourth-order valence-electron chi connectivity index (χ4n) is 2.14. The van der Waals surface area contributed by atoms with Crippen molar-refractivity contribution in [1.82, 2.24) is 4.98 Å². The summed E-state index contributed by atoms with van der Waals surface area (Å²) < 4.78 is 0. The molecule has 2 aromatic rings. The number of rotatable bonds is 5. The van der Waals surface area contributed by atoms with E-state index in [1.54, 1.807) is 12.1 Å². The van der Waals surface area contributed by atoms with Crippen molar-refractivity contribution in [3.05, 3.63) is 58.4 Å². The van der Waals surface area contributed by atoms with Crippen LogP contribution in [0.4, 0.5) is 5.69 Å². The Labute approximate surface area is 129 Å². The molecule has 1 heterocycles. The molecule has 0 amide bonds. The second-order valence-corrected chi connectivity index (χ2v) is 5.16. The van der Waals surface area contributed by atoms with Crippen LogP contribution in [0.3, 0.4) is 0 Å². The number of carboxylic acid groups (broad SMARTS) is 1. The van der Waals surface area contributed by atoms with Crippen LogP contribution in [0.25, 0.3) is 0 Å². The number of carbonyl (C=O) groups is 1. The van der Waals surface area contributed by atoms with Gasteiger partial charge in [0.15, 0.2) is 0 Å². The second-order valence-electron chi connectivity index (χ2n) is 4.75. The molecule has 110 valence electrons. The fraction of sp³-hybridized carbons (Fsp3) is 0.250. The molecule has 0 spiro atoms. The molecule has 4 nitrogen and oxygen atoms in total. The van der Waals surface area contributed by atoms with Crippen LogP contribution in [0.1, 0.15) is 28.7 Å². The summed E-state index contributed by atoms with van der Waals surface area (Å²) in [5, 5.41) is 9.26. The Bertz CT molecular complexity index is 658. The highest BCUT2D eigenvalue weighted by Gasteiger charge is 2.12. The average molecular weight is 305 g/mol. The largest absolute Gasteiger partial charge is 0.478 e. The van der Waals surface area contributed by atoms with Gasteiger partial charge in [0.05, 0.1) is 22.8 Å². The number of hydrogen-bond acceptors (Lipinski definition) is 3. The maximum atomic E-state index is 11.0. The van der Waals surface area contributed by atoms with Crippen molar-refractivity contribution in [1.29, 1.82) is 0 Å². The highest BCUT2D eigenvalue weighted by atomic mass is 35.5. The van der Waals surface area contributed by atoms with Crippen molar-refractivity contribution >= 4 is 23.3 Å². The summed E-state index contributed by atoms with van der Waals surface area (Å²) in [6.07, 6.45) is 0. The number of halogens is 1. The molecule has 0 atom stereocenters. The van der Waals surface area contributed by atoms with Crippen LogP contribution in [0.2, 0.25) is 5.02 Å². The van der Waals surface area contributed by atoms with Gasteiger partial charge in [0.1, 0.15) is 0 Å². The van der Waals surface area contributed by atoms with Crippen LogP contribution in [0, 0.1) is 6.92 Å². The highest BCUT2D eigenvalue weighted by molar-refractivity contribution is 6.33. The van der Waals surface area contributed by atoms with E-state index in [0.717, 1.165) is 23.6 Å². The van der Waals surface area contributed by atoms with Crippen molar-refractivity contribution in [3.8, 4) is 0 Å². The predicted molar refractivity (Wildman–Crippen MR) is 84.1 cm³/mol. The van der Waals surface area contributed by atoms with E-state index in [-0.39, 0.29) is 10.6 Å². The van der Waals surface area contributed by atoms with Gasteiger partial charge < -0.3 is 10.0 Å². The van der Waals surface area contributed by atoms with Gasteiger partial charge in [-0.25, -0.2) is 4.79 Å². The normalized spacial score (nSPS) is 10.4. The Kier molecular flexibility index (Phi) is 4.81. The van der Waals surface area contributed by atoms with Crippen molar-refractivity contribution in [2.75, 3.05) is 11.4 Å². The van der Waals surface area contributed by atoms with Gasteiger partial charge in [-0.15, -0.1) is 0 Å². The molecule has 0 aliphatic carbocycles. The van der Waals surface area contributed by atoms with Crippen molar-refractivity contribution in [2.24, 2.45) is 0 Å². The van der Waals surface area contributed by atoms with Crippen LogP contribution < -0.4 is 4.90 Å². The van der Waals surface area contributed by atoms with Gasteiger partial charge in [0.25, 0.3) is 0 Å². The molecule has 0 fully saturated rings. The molecule has 0 saturated heterocycles. The van der Waals surface area contributed by atoms with Crippen LogP contribution in [-0.4, -0.2) is 22.6 Å². The molecule has 1 aromatic heterocycles. The van der Waals surface area contributed by atoms with E-state index < -0.39 is 5.97 Å². The molecule has 0 aliphatic rings. The van der Waals surface area contributed by atoms with Gasteiger partial charge in [-0.2, -0.15) is 0 Å². The zero-order valence-corrected chi connectivity index (χ0v) is 12.8. The Morgan fingerprint density at radius 3 is 2.67 bits per heavy atom. The van der Waals surface area contributed by atoms with Crippen LogP contribution in [-0.2, 0) is 6.54 Å². The number of pyridine rings is 1. The lowest BCUT2D eigenvalue weighted by Gasteiger charge is -2.23. The first kappa shape index (κ1) is 15.3. The number of aromatic carboxylic acids is 1. The highest BCUT2D eigenvalue weighted by Crippen LogP contribution is 2.24. The molecule has 0 radical (unpaired) electrons. The monoisotopic (exact) mass is 304 g/mol. The molecule has 0 saturated carbocycles. The molecule has 0 unspecified atom stereocenters. The van der Waals surface area contributed by atoms with Crippen LogP contribution in [0.15, 0.2) is 36.4 Å². The number of carboxylic acids is 1. The first-order valence-electron chi connectivity index (χ1n) is 6.71. The van der Waals surface area contributed by atoms with Crippen LogP contribution in [0.5, 0.6) is 0 Å².